The van der Waals surface area contributed by atoms with Crippen molar-refractivity contribution in [3.63, 3.8) is 0 Å². The maximum Gasteiger partial charge on any atom is 0.234 e. The summed E-state index contributed by atoms with van der Waals surface area (Å²) in [6.45, 7) is 2.63. The van der Waals surface area contributed by atoms with Gasteiger partial charge in [-0.1, -0.05) is 42.1 Å². The van der Waals surface area contributed by atoms with Crippen molar-refractivity contribution >= 4 is 35.0 Å². The topological polar surface area (TPSA) is 98.1 Å². The van der Waals surface area contributed by atoms with E-state index in [9.17, 15) is 9.59 Å². The van der Waals surface area contributed by atoms with Gasteiger partial charge in [0.1, 0.15) is 11.6 Å². The summed E-state index contributed by atoms with van der Waals surface area (Å²) in [6.07, 6.45) is 0.702. The lowest BCUT2D eigenvalue weighted by atomic mass is 10.2. The van der Waals surface area contributed by atoms with Gasteiger partial charge in [-0.05, 0) is 31.2 Å². The molecule has 31 heavy (non-hydrogen) atoms. The third-order valence-electron chi connectivity index (χ3n) is 4.46. The molecule has 0 atom stereocenters. The van der Waals surface area contributed by atoms with Gasteiger partial charge < -0.3 is 19.9 Å². The first-order chi connectivity index (χ1) is 15.1. The van der Waals surface area contributed by atoms with Crippen molar-refractivity contribution in [3.05, 3.63) is 60.4 Å². The molecule has 0 aliphatic heterocycles. The molecule has 162 valence electrons. The second kappa shape index (κ2) is 11.2. The molecular weight excluding hydrogens is 414 g/mol. The van der Waals surface area contributed by atoms with Crippen LogP contribution in [-0.2, 0) is 22.6 Å². The minimum atomic E-state index is -0.133. The fourth-order valence-electron chi connectivity index (χ4n) is 2.96. The minimum absolute atomic E-state index is 0.111. The Labute approximate surface area is 185 Å². The molecule has 2 amide bonds. The van der Waals surface area contributed by atoms with Crippen LogP contribution < -0.4 is 15.4 Å². The summed E-state index contributed by atoms with van der Waals surface area (Å²) in [5.74, 6) is 1.30. The zero-order valence-corrected chi connectivity index (χ0v) is 18.3. The van der Waals surface area contributed by atoms with Crippen molar-refractivity contribution < 1.29 is 14.3 Å². The molecule has 0 unspecified atom stereocenters. The fraction of sp³-hybridized carbons (Fsp3) is 0.273. The van der Waals surface area contributed by atoms with Crippen molar-refractivity contribution in [2.75, 3.05) is 23.5 Å². The van der Waals surface area contributed by atoms with Gasteiger partial charge in [0.25, 0.3) is 0 Å². The van der Waals surface area contributed by atoms with Gasteiger partial charge in [0.15, 0.2) is 5.16 Å². The van der Waals surface area contributed by atoms with Crippen LogP contribution in [0, 0.1) is 0 Å². The maximum absolute atomic E-state index is 12.4. The van der Waals surface area contributed by atoms with Gasteiger partial charge in [0.05, 0.1) is 18.6 Å². The number of anilines is 2. The highest BCUT2D eigenvalue weighted by atomic mass is 32.2. The van der Waals surface area contributed by atoms with Crippen LogP contribution in [0.1, 0.15) is 19.2 Å². The first-order valence-corrected chi connectivity index (χ1v) is 10.9. The molecule has 0 spiro atoms. The molecule has 0 saturated heterocycles. The summed E-state index contributed by atoms with van der Waals surface area (Å²) in [4.78, 5) is 24.5. The first-order valence-electron chi connectivity index (χ1n) is 9.93. The predicted molar refractivity (Wildman–Crippen MR) is 121 cm³/mol. The number of aromatic nitrogens is 3. The summed E-state index contributed by atoms with van der Waals surface area (Å²) in [5.41, 5.74) is 1.39. The number of hydrogen-bond acceptors (Lipinski definition) is 6. The van der Waals surface area contributed by atoms with E-state index in [1.54, 1.807) is 19.2 Å². The average Bonchev–Trinajstić information content (AvgIpc) is 3.19. The second-order valence-corrected chi connectivity index (χ2v) is 7.54. The quantitative estimate of drug-likeness (QED) is 0.468. The normalized spacial score (nSPS) is 10.5. The van der Waals surface area contributed by atoms with Gasteiger partial charge in [0.2, 0.25) is 11.8 Å². The van der Waals surface area contributed by atoms with Crippen molar-refractivity contribution in [2.24, 2.45) is 0 Å². The van der Waals surface area contributed by atoms with Crippen LogP contribution >= 0.6 is 11.8 Å². The molecule has 0 radical (unpaired) electrons. The number of carbonyl (C=O) groups excluding carboxylic acids is 2. The molecule has 1 aromatic heterocycles. The van der Waals surface area contributed by atoms with Gasteiger partial charge in [-0.25, -0.2) is 0 Å². The van der Waals surface area contributed by atoms with E-state index in [4.69, 9.17) is 4.74 Å². The summed E-state index contributed by atoms with van der Waals surface area (Å²) < 4.78 is 7.18. The van der Waals surface area contributed by atoms with E-state index < -0.39 is 0 Å². The van der Waals surface area contributed by atoms with Gasteiger partial charge in [-0.15, -0.1) is 10.2 Å². The third kappa shape index (κ3) is 6.32. The predicted octanol–water partition coefficient (Wildman–Crippen LogP) is 3.61. The molecule has 9 heteroatoms. The number of benzene rings is 2. The largest absolute Gasteiger partial charge is 0.495 e. The summed E-state index contributed by atoms with van der Waals surface area (Å²) in [5, 5.41) is 14.8. The molecule has 0 saturated carbocycles. The number of hydrogen-bond donors (Lipinski definition) is 2. The molecule has 2 N–H and O–H groups in total. The zero-order valence-electron chi connectivity index (χ0n) is 17.5. The van der Waals surface area contributed by atoms with Crippen LogP contribution in [0.15, 0.2) is 59.8 Å². The van der Waals surface area contributed by atoms with E-state index in [2.05, 4.69) is 20.8 Å². The summed E-state index contributed by atoms with van der Waals surface area (Å²) in [6, 6.07) is 16.6. The Morgan fingerprint density at radius 3 is 2.48 bits per heavy atom. The Balaban J connectivity index is 1.53. The molecule has 0 aliphatic carbocycles. The van der Waals surface area contributed by atoms with E-state index >= 15 is 0 Å². The number of nitrogens with zero attached hydrogens (tertiary/aromatic N) is 3. The van der Waals surface area contributed by atoms with Gasteiger partial charge >= 0.3 is 0 Å². The van der Waals surface area contributed by atoms with Crippen molar-refractivity contribution in [2.45, 2.75) is 31.5 Å². The maximum atomic E-state index is 12.4. The number of rotatable bonds is 10. The highest BCUT2D eigenvalue weighted by Gasteiger charge is 2.15. The highest BCUT2D eigenvalue weighted by molar-refractivity contribution is 7.99. The molecule has 3 aromatic rings. The number of thioether (sulfide) groups is 1. The second-order valence-electron chi connectivity index (χ2n) is 6.59. The van der Waals surface area contributed by atoms with E-state index in [0.29, 0.717) is 35.4 Å². The molecule has 1 heterocycles. The number of aryl methyl sites for hydroxylation is 1. The molecule has 0 bridgehead atoms. The molecular formula is C22H25N5O3S. The first kappa shape index (κ1) is 22.4. The Bertz CT molecular complexity index is 1020. The summed E-state index contributed by atoms with van der Waals surface area (Å²) in [7, 11) is 1.56. The lowest BCUT2D eigenvalue weighted by molar-refractivity contribution is -0.116. The highest BCUT2D eigenvalue weighted by Crippen LogP contribution is 2.23. The lowest BCUT2D eigenvalue weighted by Gasteiger charge is -2.10. The Morgan fingerprint density at radius 1 is 1.00 bits per heavy atom. The van der Waals surface area contributed by atoms with E-state index in [-0.39, 0.29) is 24.0 Å². The minimum Gasteiger partial charge on any atom is -0.495 e. The Hall–Kier alpha value is -3.33. The molecule has 0 aliphatic rings. The average molecular weight is 440 g/mol. The number of para-hydroxylation sites is 3. The van der Waals surface area contributed by atoms with Crippen LogP contribution in [0.4, 0.5) is 11.4 Å². The molecule has 3 rings (SSSR count). The lowest BCUT2D eigenvalue weighted by Crippen LogP contribution is -2.15. The van der Waals surface area contributed by atoms with Crippen LogP contribution in [0.25, 0.3) is 0 Å². The number of ether oxygens (including phenoxy) is 1. The number of carbonyl (C=O) groups is 2. The van der Waals surface area contributed by atoms with E-state index in [1.165, 1.54) is 11.8 Å². The van der Waals surface area contributed by atoms with Gasteiger partial charge in [0, 0.05) is 25.1 Å². The molecule has 2 aromatic carbocycles. The van der Waals surface area contributed by atoms with Gasteiger partial charge in [-0.2, -0.15) is 0 Å². The van der Waals surface area contributed by atoms with Crippen molar-refractivity contribution in [3.8, 4) is 5.75 Å². The van der Waals surface area contributed by atoms with Crippen molar-refractivity contribution in [1.29, 1.82) is 0 Å². The smallest absolute Gasteiger partial charge is 0.234 e. The Kier molecular flexibility index (Phi) is 8.05. The van der Waals surface area contributed by atoms with Gasteiger partial charge in [-0.3, -0.25) is 9.59 Å². The molecule has 0 fully saturated rings. The van der Waals surface area contributed by atoms with Crippen LogP contribution in [0.3, 0.4) is 0 Å². The van der Waals surface area contributed by atoms with Crippen molar-refractivity contribution in [1.82, 2.24) is 14.8 Å². The van der Waals surface area contributed by atoms with E-state index in [0.717, 1.165) is 5.69 Å². The fourth-order valence-corrected chi connectivity index (χ4v) is 3.78. The number of methoxy groups -OCH3 is 1. The zero-order chi connectivity index (χ0) is 22.1. The van der Waals surface area contributed by atoms with Crippen LogP contribution in [0.2, 0.25) is 0 Å². The van der Waals surface area contributed by atoms with E-state index in [1.807, 2.05) is 54.0 Å². The van der Waals surface area contributed by atoms with Crippen LogP contribution in [0.5, 0.6) is 5.75 Å². The van der Waals surface area contributed by atoms with Crippen LogP contribution in [-0.4, -0.2) is 39.4 Å². The number of nitrogens with one attached hydrogen (secondary N) is 2. The molecule has 8 nitrogen and oxygen atoms in total. The summed E-state index contributed by atoms with van der Waals surface area (Å²) >= 11 is 1.32. The number of amides is 2. The monoisotopic (exact) mass is 439 g/mol. The third-order valence-corrected chi connectivity index (χ3v) is 5.42. The SMILES string of the molecule is CCn1c(CCC(=O)Nc2ccccc2OC)nnc1SCC(=O)Nc1ccccc1. The standard InChI is InChI=1S/C22H25N5O3S/c1-3-27-19(13-14-20(28)24-17-11-7-8-12-18(17)30-2)25-26-22(27)31-15-21(29)23-16-9-5-4-6-10-16/h4-12H,3,13-15H2,1-2H3,(H,23,29)(H,24,28). The Morgan fingerprint density at radius 2 is 1.74 bits per heavy atom.